The number of benzene rings is 2. The van der Waals surface area contributed by atoms with E-state index < -0.39 is 5.69 Å². The van der Waals surface area contributed by atoms with Gasteiger partial charge in [0.15, 0.2) is 0 Å². The third kappa shape index (κ3) is 10.6. The quantitative estimate of drug-likeness (QED) is 0.192. The Morgan fingerprint density at radius 3 is 1.90 bits per heavy atom. The van der Waals surface area contributed by atoms with Crippen LogP contribution in [-0.4, -0.2) is 4.89 Å². The molecule has 0 aliphatic rings. The van der Waals surface area contributed by atoms with Gasteiger partial charge >= 0.3 is 0 Å². The summed E-state index contributed by atoms with van der Waals surface area (Å²) < 4.78 is 6.07. The smallest absolute Gasteiger partial charge is 0.299 e. The Balaban J connectivity index is 1.97. The molecule has 172 valence electrons. The van der Waals surface area contributed by atoms with Crippen LogP contribution < -0.4 is 4.52 Å². The Morgan fingerprint density at radius 1 is 0.742 bits per heavy atom. The molecule has 0 bridgehead atoms. The van der Waals surface area contributed by atoms with Gasteiger partial charge in [-0.1, -0.05) is 102 Å². The van der Waals surface area contributed by atoms with E-state index in [2.05, 4.69) is 38.1 Å². The Hall–Kier alpha value is -0.800. The zero-order chi connectivity index (χ0) is 22.4. The van der Waals surface area contributed by atoms with Gasteiger partial charge in [0.2, 0.25) is 0 Å². The molecule has 1 atom stereocenters. The molecule has 5 heteroatoms. The van der Waals surface area contributed by atoms with E-state index in [-0.39, 0.29) is 0 Å². The summed E-state index contributed by atoms with van der Waals surface area (Å²) in [5.41, 5.74) is -0.630. The zero-order valence-electron chi connectivity index (χ0n) is 19.2. The van der Waals surface area contributed by atoms with Crippen molar-refractivity contribution in [2.45, 2.75) is 95.8 Å². The summed E-state index contributed by atoms with van der Waals surface area (Å²) in [6.07, 6.45) is 14.5. The normalized spacial score (nSPS) is 13.1. The number of aryl methyl sites for hydroxylation is 2. The molecule has 0 aliphatic heterocycles. The number of para-hydroxylation sites is 1. The fraction of sp³-hybridized carbons (Fsp3) is 0.538. The zero-order valence-corrected chi connectivity index (χ0v) is 21.8. The second-order valence-corrected chi connectivity index (χ2v) is 14.1. The van der Waals surface area contributed by atoms with Crippen molar-refractivity contribution >= 4 is 28.9 Å². The van der Waals surface area contributed by atoms with Gasteiger partial charge in [-0.2, -0.15) is 0 Å². The first-order valence-corrected chi connectivity index (χ1v) is 16.0. The van der Waals surface area contributed by atoms with Crippen LogP contribution in [0.4, 0.5) is 0 Å². The topological polar surface area (TPSA) is 29.5 Å². The van der Waals surface area contributed by atoms with Crippen molar-refractivity contribution in [2.75, 3.05) is 0 Å². The molecule has 0 aliphatic carbocycles. The van der Waals surface area contributed by atoms with Crippen LogP contribution in [-0.2, 0) is 24.6 Å². The molecule has 2 aromatic carbocycles. The van der Waals surface area contributed by atoms with Gasteiger partial charge in [0.05, 0.1) is 0 Å². The molecule has 0 amide bonds. The maximum Gasteiger partial charge on any atom is 0.299 e. The SMILES string of the molecule is CCCCCCCc1ccccc1OP(O)(=S)Sc1ccccc1CCCCCCC. The fourth-order valence-corrected chi connectivity index (χ4v) is 7.44. The molecule has 0 saturated heterocycles. The molecule has 2 nitrogen and oxygen atoms in total. The minimum absolute atomic E-state index is 0.744. The van der Waals surface area contributed by atoms with E-state index in [9.17, 15) is 4.89 Å². The first-order chi connectivity index (χ1) is 15.1. The summed E-state index contributed by atoms with van der Waals surface area (Å²) in [4.78, 5) is 12.1. The summed E-state index contributed by atoms with van der Waals surface area (Å²) >= 11 is 6.91. The van der Waals surface area contributed by atoms with Crippen molar-refractivity contribution < 1.29 is 9.42 Å². The van der Waals surface area contributed by atoms with Crippen LogP contribution in [0.5, 0.6) is 5.75 Å². The summed E-state index contributed by atoms with van der Waals surface area (Å²) in [5, 5.41) is 0. The van der Waals surface area contributed by atoms with E-state index in [1.54, 1.807) is 0 Å². The van der Waals surface area contributed by atoms with E-state index in [0.717, 1.165) is 35.5 Å². The molecule has 0 saturated carbocycles. The fourth-order valence-electron chi connectivity index (χ4n) is 3.70. The predicted molar refractivity (Wildman–Crippen MR) is 141 cm³/mol. The van der Waals surface area contributed by atoms with Gasteiger partial charge in [-0.15, -0.1) is 0 Å². The molecule has 2 rings (SSSR count). The average molecular weight is 479 g/mol. The first-order valence-electron chi connectivity index (χ1n) is 11.9. The van der Waals surface area contributed by atoms with Crippen LogP contribution >= 0.6 is 17.1 Å². The second kappa shape index (κ2) is 15.1. The number of rotatable bonds is 16. The molecule has 1 unspecified atom stereocenters. The van der Waals surface area contributed by atoms with Crippen molar-refractivity contribution in [2.24, 2.45) is 0 Å². The lowest BCUT2D eigenvalue weighted by Gasteiger charge is -2.20. The monoisotopic (exact) mass is 478 g/mol. The molecular weight excluding hydrogens is 439 g/mol. The summed E-state index contributed by atoms with van der Waals surface area (Å²) in [7, 11) is 0. The van der Waals surface area contributed by atoms with Crippen molar-refractivity contribution in [3.8, 4) is 5.75 Å². The van der Waals surface area contributed by atoms with E-state index in [1.807, 2.05) is 24.3 Å². The van der Waals surface area contributed by atoms with E-state index >= 15 is 0 Å². The van der Waals surface area contributed by atoms with Crippen LogP contribution in [0.2, 0.25) is 0 Å². The third-order valence-corrected chi connectivity index (χ3v) is 9.13. The highest BCUT2D eigenvalue weighted by Gasteiger charge is 2.21. The average Bonchev–Trinajstić information content (AvgIpc) is 2.75. The minimum atomic E-state index is -3.04. The first kappa shape index (κ1) is 26.5. The number of hydrogen-bond acceptors (Lipinski definition) is 3. The van der Waals surface area contributed by atoms with Crippen LogP contribution in [0.15, 0.2) is 53.4 Å². The number of unbranched alkanes of at least 4 members (excludes halogenated alkanes) is 8. The second-order valence-electron chi connectivity index (χ2n) is 8.20. The molecule has 0 radical (unpaired) electrons. The van der Waals surface area contributed by atoms with Crippen molar-refractivity contribution in [3.05, 3.63) is 59.7 Å². The van der Waals surface area contributed by atoms with E-state index in [1.165, 1.54) is 74.7 Å². The molecule has 0 aromatic heterocycles. The van der Waals surface area contributed by atoms with Gasteiger partial charge in [0.1, 0.15) is 5.75 Å². The van der Waals surface area contributed by atoms with Gasteiger partial charge in [-0.3, -0.25) is 0 Å². The lowest BCUT2D eigenvalue weighted by Crippen LogP contribution is -1.96. The van der Waals surface area contributed by atoms with Crippen LogP contribution in [0.25, 0.3) is 0 Å². The van der Waals surface area contributed by atoms with Gasteiger partial charge < -0.3 is 9.42 Å². The highest BCUT2D eigenvalue weighted by molar-refractivity contribution is 8.67. The van der Waals surface area contributed by atoms with Crippen LogP contribution in [0, 0.1) is 0 Å². The highest BCUT2D eigenvalue weighted by atomic mass is 32.9. The summed E-state index contributed by atoms with van der Waals surface area (Å²) in [6.45, 7) is 4.48. The van der Waals surface area contributed by atoms with Gasteiger partial charge in [-0.25, -0.2) is 0 Å². The van der Waals surface area contributed by atoms with Crippen molar-refractivity contribution in [1.82, 2.24) is 0 Å². The molecule has 0 fully saturated rings. The van der Waals surface area contributed by atoms with Gasteiger partial charge in [0, 0.05) is 4.90 Å². The molecule has 2 aromatic rings. The van der Waals surface area contributed by atoms with Gasteiger partial charge in [-0.05, 0) is 72.1 Å². The Morgan fingerprint density at radius 2 is 1.26 bits per heavy atom. The molecule has 0 heterocycles. The molecular formula is C26H39O2PS2. The number of hydrogen-bond donors (Lipinski definition) is 1. The third-order valence-electron chi connectivity index (χ3n) is 5.47. The Labute approximate surface area is 199 Å². The standard InChI is InChI=1S/C26H39O2PS2/c1-3-5-7-9-11-17-23-18-13-15-21-25(23)28-29(27,30)31-26-22-16-14-20-24(26)19-12-10-8-6-4-2/h13-16,18,20-22H,3-12,17,19H2,1-2H3,(H,27,30). The molecule has 0 spiro atoms. The lowest BCUT2D eigenvalue weighted by molar-refractivity contribution is 0.498. The lowest BCUT2D eigenvalue weighted by atomic mass is 10.0. The van der Waals surface area contributed by atoms with E-state index in [4.69, 9.17) is 16.3 Å². The molecule has 1 N–H and O–H groups in total. The van der Waals surface area contributed by atoms with Crippen molar-refractivity contribution in [1.29, 1.82) is 0 Å². The highest BCUT2D eigenvalue weighted by Crippen LogP contribution is 2.60. The summed E-state index contributed by atoms with van der Waals surface area (Å²) in [6, 6.07) is 16.3. The van der Waals surface area contributed by atoms with Crippen LogP contribution in [0.3, 0.4) is 0 Å². The predicted octanol–water partition coefficient (Wildman–Crippen LogP) is 9.10. The van der Waals surface area contributed by atoms with Crippen LogP contribution in [0.1, 0.15) is 89.2 Å². The van der Waals surface area contributed by atoms with Crippen molar-refractivity contribution in [3.63, 3.8) is 0 Å². The minimum Gasteiger partial charge on any atom is -0.436 e. The summed E-state index contributed by atoms with van der Waals surface area (Å²) in [5.74, 6) is 0.744. The maximum atomic E-state index is 11.0. The Kier molecular flexibility index (Phi) is 12.9. The Bertz CT molecular complexity index is 746. The van der Waals surface area contributed by atoms with E-state index in [0.29, 0.717) is 0 Å². The van der Waals surface area contributed by atoms with Gasteiger partial charge in [0.25, 0.3) is 5.69 Å². The maximum absolute atomic E-state index is 11.0. The molecule has 31 heavy (non-hydrogen) atoms. The largest absolute Gasteiger partial charge is 0.436 e.